The lowest BCUT2D eigenvalue weighted by Gasteiger charge is -2.71. The third-order valence-electron chi connectivity index (χ3n) is 17.1. The second-order valence-corrected chi connectivity index (χ2v) is 20.1. The summed E-state index contributed by atoms with van der Waals surface area (Å²) in [6, 6.07) is 0. The number of unbranched alkanes of at least 4 members (excludes halogenated alkanes) is 12. The van der Waals surface area contributed by atoms with Crippen molar-refractivity contribution < 1.29 is 9.53 Å². The smallest absolute Gasteiger partial charge is 0.306 e. The Bertz CT molecular complexity index is 1100. The molecule has 0 saturated heterocycles. The van der Waals surface area contributed by atoms with Crippen LogP contribution in [0.5, 0.6) is 0 Å². The fourth-order valence-electron chi connectivity index (χ4n) is 13.5. The topological polar surface area (TPSA) is 26.3 Å². The van der Waals surface area contributed by atoms with Gasteiger partial charge in [-0.1, -0.05) is 151 Å². The first-order valence-corrected chi connectivity index (χ1v) is 21.6. The Hall–Kier alpha value is -0.790. The second kappa shape index (κ2) is 15.4. The van der Waals surface area contributed by atoms with Gasteiger partial charge in [0.25, 0.3) is 0 Å². The third-order valence-corrected chi connectivity index (χ3v) is 17.1. The molecule has 0 aromatic heterocycles. The molecule has 4 fully saturated rings. The highest BCUT2D eigenvalue weighted by Crippen LogP contribution is 2.75. The molecule has 276 valence electrons. The number of rotatable bonds is 15. The SMILES string of the molecule is CCCCCCCCCCCCCCCC(=O)O[C@H]1CC[C@@]2(C)C(CC[C@]3(C)C2CC=C2[C@H]4[C@@H](C)[C@H](C)CC[C@]4(C)CC[C@]23C)C1(C)C. The Labute approximate surface area is 299 Å². The van der Waals surface area contributed by atoms with E-state index in [-0.39, 0.29) is 17.5 Å². The van der Waals surface area contributed by atoms with Crippen LogP contribution in [0.25, 0.3) is 0 Å². The molecule has 48 heavy (non-hydrogen) atoms. The first kappa shape index (κ1) is 38.4. The van der Waals surface area contributed by atoms with E-state index in [0.717, 1.165) is 36.5 Å². The fourth-order valence-corrected chi connectivity index (χ4v) is 13.5. The van der Waals surface area contributed by atoms with Crippen LogP contribution >= 0.6 is 0 Å². The minimum absolute atomic E-state index is 0.0311. The van der Waals surface area contributed by atoms with Crippen molar-refractivity contribution in [1.29, 1.82) is 0 Å². The number of carbonyl (C=O) groups excluding carboxylic acids is 1. The summed E-state index contributed by atoms with van der Waals surface area (Å²) in [6.45, 7) is 23.1. The van der Waals surface area contributed by atoms with Crippen LogP contribution in [-0.2, 0) is 9.53 Å². The molecule has 2 nitrogen and oxygen atoms in total. The molecule has 0 aromatic rings. The van der Waals surface area contributed by atoms with Gasteiger partial charge in [-0.2, -0.15) is 0 Å². The van der Waals surface area contributed by atoms with E-state index in [0.29, 0.717) is 34.0 Å². The van der Waals surface area contributed by atoms with E-state index in [9.17, 15) is 4.79 Å². The van der Waals surface area contributed by atoms with E-state index in [2.05, 4.69) is 68.4 Å². The number of ether oxygens (including phenoxy) is 1. The molecule has 5 rings (SSSR count). The van der Waals surface area contributed by atoms with Crippen LogP contribution < -0.4 is 0 Å². The summed E-state index contributed by atoms with van der Waals surface area (Å²) < 4.78 is 6.42. The molecule has 2 heteroatoms. The van der Waals surface area contributed by atoms with Crippen LogP contribution in [0.3, 0.4) is 0 Å². The van der Waals surface area contributed by atoms with Crippen LogP contribution in [0.15, 0.2) is 11.6 Å². The van der Waals surface area contributed by atoms with Crippen LogP contribution in [0.1, 0.15) is 210 Å². The van der Waals surface area contributed by atoms with Crippen molar-refractivity contribution in [2.75, 3.05) is 0 Å². The van der Waals surface area contributed by atoms with Gasteiger partial charge in [0.05, 0.1) is 0 Å². The summed E-state index contributed by atoms with van der Waals surface area (Å²) in [5.74, 6) is 3.81. The van der Waals surface area contributed by atoms with Gasteiger partial charge in [-0.05, 0) is 115 Å². The maximum Gasteiger partial charge on any atom is 0.306 e. The molecular formula is C46H80O2. The molecular weight excluding hydrogens is 585 g/mol. The zero-order valence-corrected chi connectivity index (χ0v) is 33.6. The lowest BCUT2D eigenvalue weighted by molar-refractivity contribution is -0.213. The molecule has 5 aliphatic carbocycles. The highest BCUT2D eigenvalue weighted by molar-refractivity contribution is 5.69. The zero-order chi connectivity index (χ0) is 34.8. The summed E-state index contributed by atoms with van der Waals surface area (Å²) in [6.07, 6.45) is 32.7. The average Bonchev–Trinajstić information content (AvgIpc) is 3.03. The molecule has 0 N–H and O–H groups in total. The van der Waals surface area contributed by atoms with Gasteiger partial charge in [-0.25, -0.2) is 0 Å². The molecule has 0 aliphatic heterocycles. The molecule has 0 bridgehead atoms. The normalized spacial score (nSPS) is 41.7. The lowest BCUT2D eigenvalue weighted by atomic mass is 9.33. The highest BCUT2D eigenvalue weighted by atomic mass is 16.5. The van der Waals surface area contributed by atoms with Crippen molar-refractivity contribution in [3.05, 3.63) is 11.6 Å². The van der Waals surface area contributed by atoms with Gasteiger partial charge >= 0.3 is 5.97 Å². The predicted octanol–water partition coefficient (Wildman–Crippen LogP) is 14.1. The molecule has 0 aromatic carbocycles. The molecule has 2 unspecified atom stereocenters. The summed E-state index contributed by atoms with van der Waals surface area (Å²) in [4.78, 5) is 13.2. The Balaban J connectivity index is 1.12. The molecule has 10 atom stereocenters. The molecule has 0 amide bonds. The van der Waals surface area contributed by atoms with Crippen LogP contribution in [0.4, 0.5) is 0 Å². The maximum absolute atomic E-state index is 13.2. The number of hydrogen-bond acceptors (Lipinski definition) is 2. The van der Waals surface area contributed by atoms with Gasteiger partial charge in [-0.3, -0.25) is 4.79 Å². The Morgan fingerprint density at radius 1 is 0.708 bits per heavy atom. The maximum atomic E-state index is 13.2. The highest BCUT2D eigenvalue weighted by Gasteiger charge is 2.68. The van der Waals surface area contributed by atoms with Crippen LogP contribution in [0, 0.1) is 56.7 Å². The lowest BCUT2D eigenvalue weighted by Crippen LogP contribution is -2.65. The van der Waals surface area contributed by atoms with E-state index >= 15 is 0 Å². The van der Waals surface area contributed by atoms with Crippen LogP contribution in [0.2, 0.25) is 0 Å². The van der Waals surface area contributed by atoms with Crippen molar-refractivity contribution in [3.8, 4) is 0 Å². The summed E-state index contributed by atoms with van der Waals surface area (Å²) in [5.41, 5.74) is 3.40. The Morgan fingerprint density at radius 3 is 1.94 bits per heavy atom. The number of hydrogen-bond donors (Lipinski definition) is 0. The average molecular weight is 665 g/mol. The predicted molar refractivity (Wildman–Crippen MR) is 205 cm³/mol. The number of allylic oxidation sites excluding steroid dienone is 2. The zero-order valence-electron chi connectivity index (χ0n) is 33.6. The van der Waals surface area contributed by atoms with E-state index < -0.39 is 0 Å². The minimum atomic E-state index is 0.0311. The molecule has 4 saturated carbocycles. The fraction of sp³-hybridized carbons (Fsp3) is 0.935. The van der Waals surface area contributed by atoms with Crippen molar-refractivity contribution >= 4 is 5.97 Å². The van der Waals surface area contributed by atoms with Crippen molar-refractivity contribution in [1.82, 2.24) is 0 Å². The largest absolute Gasteiger partial charge is 0.462 e. The molecule has 5 aliphatic rings. The van der Waals surface area contributed by atoms with E-state index in [4.69, 9.17) is 4.74 Å². The van der Waals surface area contributed by atoms with Gasteiger partial charge in [0, 0.05) is 11.8 Å². The van der Waals surface area contributed by atoms with Crippen molar-refractivity contribution in [3.63, 3.8) is 0 Å². The molecule has 0 radical (unpaired) electrons. The summed E-state index contributed by atoms with van der Waals surface area (Å²) >= 11 is 0. The quantitative estimate of drug-likeness (QED) is 0.0989. The first-order valence-electron chi connectivity index (χ1n) is 21.6. The number of esters is 1. The van der Waals surface area contributed by atoms with Gasteiger partial charge in [0.15, 0.2) is 0 Å². The Kier molecular flexibility index (Phi) is 12.4. The standard InChI is InChI=1S/C46H80O2/c1-10-11-12-13-14-15-16-17-18-19-20-21-22-23-40(47)48-39-28-30-44(7)37(42(39,4)5)27-31-46(9)38(44)25-24-36-41-35(3)34(2)26-29-43(41,6)32-33-45(36,46)8/h24,34-35,37-39,41H,10-23,25-33H2,1-9H3/t34-,35+,37?,38?,39+,41-,43-,44+,45-,46-/m1/s1. The number of carbonyl (C=O) groups is 1. The first-order chi connectivity index (χ1) is 22.7. The van der Waals surface area contributed by atoms with Gasteiger partial charge in [0.2, 0.25) is 0 Å². The minimum Gasteiger partial charge on any atom is -0.462 e. The number of fused-ring (bicyclic) bond motifs is 7. The van der Waals surface area contributed by atoms with Gasteiger partial charge in [-0.15, -0.1) is 0 Å². The monoisotopic (exact) mass is 665 g/mol. The summed E-state index contributed by atoms with van der Waals surface area (Å²) in [7, 11) is 0. The van der Waals surface area contributed by atoms with Crippen LogP contribution in [-0.4, -0.2) is 12.1 Å². The Morgan fingerprint density at radius 2 is 1.31 bits per heavy atom. The van der Waals surface area contributed by atoms with Crippen molar-refractivity contribution in [2.45, 2.75) is 216 Å². The van der Waals surface area contributed by atoms with Crippen molar-refractivity contribution in [2.24, 2.45) is 56.7 Å². The van der Waals surface area contributed by atoms with E-state index in [1.54, 1.807) is 0 Å². The van der Waals surface area contributed by atoms with Gasteiger partial charge < -0.3 is 4.74 Å². The van der Waals surface area contributed by atoms with E-state index in [1.807, 2.05) is 5.57 Å². The molecule has 0 heterocycles. The summed E-state index contributed by atoms with van der Waals surface area (Å²) in [5, 5.41) is 0. The second-order valence-electron chi connectivity index (χ2n) is 20.1. The van der Waals surface area contributed by atoms with E-state index in [1.165, 1.54) is 128 Å². The van der Waals surface area contributed by atoms with Gasteiger partial charge in [0.1, 0.15) is 6.10 Å². The third kappa shape index (κ3) is 7.14. The molecule has 0 spiro atoms.